The van der Waals surface area contributed by atoms with E-state index in [1.165, 1.54) is 29.5 Å². The van der Waals surface area contributed by atoms with Gasteiger partial charge in [-0.2, -0.15) is 0 Å². The molecule has 1 saturated carbocycles. The van der Waals surface area contributed by atoms with Crippen LogP contribution in [0.3, 0.4) is 0 Å². The van der Waals surface area contributed by atoms with Crippen LogP contribution in [0.5, 0.6) is 0 Å². The normalized spacial score (nSPS) is 14.2. The zero-order valence-electron chi connectivity index (χ0n) is 15.9. The van der Waals surface area contributed by atoms with E-state index in [-0.39, 0.29) is 6.04 Å². The molecule has 3 rings (SSSR count). The van der Waals surface area contributed by atoms with Gasteiger partial charge >= 0.3 is 12.0 Å². The highest BCUT2D eigenvalue weighted by Crippen LogP contribution is 2.26. The molecule has 2 aromatic rings. The third kappa shape index (κ3) is 6.86. The van der Waals surface area contributed by atoms with Gasteiger partial charge in [-0.05, 0) is 25.0 Å². The maximum atomic E-state index is 12.4. The predicted octanol–water partition coefficient (Wildman–Crippen LogP) is 3.75. The molecule has 1 aliphatic carbocycles. The molecule has 29 heavy (non-hydrogen) atoms. The Bertz CT molecular complexity index is 836. The number of nitrogens with zero attached hydrogens (tertiary/aromatic N) is 1. The minimum atomic E-state index is -0.653. The lowest BCUT2D eigenvalue weighted by molar-refractivity contribution is -0.123. The first-order valence-electron chi connectivity index (χ1n) is 9.48. The summed E-state index contributed by atoms with van der Waals surface area (Å²) in [6.07, 6.45) is 5.18. The number of amides is 3. The molecule has 3 amide bonds. The molecule has 0 saturated heterocycles. The van der Waals surface area contributed by atoms with Gasteiger partial charge in [0.05, 0.1) is 16.8 Å². The van der Waals surface area contributed by atoms with Gasteiger partial charge in [-0.25, -0.2) is 14.6 Å². The van der Waals surface area contributed by atoms with E-state index in [4.69, 9.17) is 4.74 Å². The molecule has 0 atom stereocenters. The molecule has 9 heteroatoms. The summed E-state index contributed by atoms with van der Waals surface area (Å²) in [6.45, 7) is -0.512. The van der Waals surface area contributed by atoms with Crippen LogP contribution in [0.1, 0.15) is 48.2 Å². The largest absolute Gasteiger partial charge is 0.452 e. The number of carbonyl (C=O) groups excluding carboxylic acids is 3. The number of aromatic nitrogens is 1. The fourth-order valence-electron chi connectivity index (χ4n) is 3.06. The number of hydrogen-bond donors (Lipinski definition) is 2. The zero-order chi connectivity index (χ0) is 20.5. The quantitative estimate of drug-likeness (QED) is 0.510. The molecule has 154 valence electrons. The molecule has 2 N–H and O–H groups in total. The van der Waals surface area contributed by atoms with Crippen molar-refractivity contribution >= 4 is 41.0 Å². The Morgan fingerprint density at radius 3 is 2.72 bits per heavy atom. The fourth-order valence-corrected chi connectivity index (χ4v) is 4.67. The van der Waals surface area contributed by atoms with Crippen molar-refractivity contribution in [2.45, 2.75) is 48.8 Å². The van der Waals surface area contributed by atoms with Crippen molar-refractivity contribution < 1.29 is 19.1 Å². The molecule has 0 aliphatic heterocycles. The Hall–Kier alpha value is -2.39. The first-order chi connectivity index (χ1) is 14.1. The second-order valence-electron chi connectivity index (χ2n) is 6.70. The van der Waals surface area contributed by atoms with Crippen LogP contribution in [-0.2, 0) is 15.3 Å². The molecule has 1 fully saturated rings. The van der Waals surface area contributed by atoms with Gasteiger partial charge in [0, 0.05) is 22.1 Å². The summed E-state index contributed by atoms with van der Waals surface area (Å²) < 4.78 is 5.10. The highest BCUT2D eigenvalue weighted by molar-refractivity contribution is 7.98. The standard InChI is InChI=1S/C20H23N3O4S2/c24-18(23-20(26)22-14-6-2-1-3-7-14)10-27-19(25)16-8-4-5-9-17(16)29-12-15-11-28-13-21-15/h4-5,8-9,11,13-14H,1-3,6-7,10,12H2,(H2,22,23,24,26). The van der Waals surface area contributed by atoms with Crippen LogP contribution in [0.25, 0.3) is 0 Å². The smallest absolute Gasteiger partial charge is 0.339 e. The Morgan fingerprint density at radius 1 is 1.17 bits per heavy atom. The number of thiazole rings is 1. The van der Waals surface area contributed by atoms with Gasteiger partial charge in [-0.3, -0.25) is 10.1 Å². The van der Waals surface area contributed by atoms with Crippen molar-refractivity contribution in [3.8, 4) is 0 Å². The summed E-state index contributed by atoms with van der Waals surface area (Å²) in [5.74, 6) is -0.621. The zero-order valence-corrected chi connectivity index (χ0v) is 17.5. The number of nitrogens with one attached hydrogen (secondary N) is 2. The number of hydrogen-bond acceptors (Lipinski definition) is 7. The molecule has 0 unspecified atom stereocenters. The fraction of sp³-hybridized carbons (Fsp3) is 0.400. The van der Waals surface area contributed by atoms with E-state index >= 15 is 0 Å². The molecule has 0 bridgehead atoms. The summed E-state index contributed by atoms with van der Waals surface area (Å²) in [5, 5.41) is 6.96. The van der Waals surface area contributed by atoms with Gasteiger partial charge in [0.1, 0.15) is 0 Å². The van der Waals surface area contributed by atoms with Gasteiger partial charge in [-0.15, -0.1) is 23.1 Å². The first kappa shape index (κ1) is 21.3. The molecule has 0 radical (unpaired) electrons. The van der Waals surface area contributed by atoms with Crippen molar-refractivity contribution in [1.82, 2.24) is 15.6 Å². The van der Waals surface area contributed by atoms with Crippen LogP contribution in [0.2, 0.25) is 0 Å². The van der Waals surface area contributed by atoms with Crippen molar-refractivity contribution in [2.75, 3.05) is 6.61 Å². The minimum Gasteiger partial charge on any atom is -0.452 e. The van der Waals surface area contributed by atoms with E-state index in [0.717, 1.165) is 36.3 Å². The van der Waals surface area contributed by atoms with E-state index in [1.54, 1.807) is 17.6 Å². The van der Waals surface area contributed by atoms with Gasteiger partial charge < -0.3 is 10.1 Å². The molecule has 0 spiro atoms. The highest BCUT2D eigenvalue weighted by Gasteiger charge is 2.19. The first-order valence-corrected chi connectivity index (χ1v) is 11.4. The third-order valence-electron chi connectivity index (χ3n) is 4.49. The summed E-state index contributed by atoms with van der Waals surface area (Å²) in [5.41, 5.74) is 3.08. The average molecular weight is 434 g/mol. The number of benzene rings is 1. The number of urea groups is 1. The molecule has 1 heterocycles. The molecular weight excluding hydrogens is 410 g/mol. The molecule has 1 aliphatic rings. The van der Waals surface area contributed by atoms with Crippen LogP contribution < -0.4 is 10.6 Å². The van der Waals surface area contributed by atoms with Crippen LogP contribution in [0, 0.1) is 0 Å². The summed E-state index contributed by atoms with van der Waals surface area (Å²) >= 11 is 2.99. The van der Waals surface area contributed by atoms with E-state index in [1.807, 2.05) is 17.5 Å². The maximum absolute atomic E-state index is 12.4. The van der Waals surface area contributed by atoms with Gasteiger partial charge in [0.15, 0.2) is 6.61 Å². The monoisotopic (exact) mass is 433 g/mol. The van der Waals surface area contributed by atoms with Crippen molar-refractivity contribution in [3.05, 3.63) is 46.4 Å². The topological polar surface area (TPSA) is 97.4 Å². The molecule has 1 aromatic carbocycles. The van der Waals surface area contributed by atoms with E-state index in [9.17, 15) is 14.4 Å². The lowest BCUT2D eigenvalue weighted by atomic mass is 9.96. The van der Waals surface area contributed by atoms with Crippen LogP contribution in [-0.4, -0.2) is 35.5 Å². The Morgan fingerprint density at radius 2 is 1.97 bits per heavy atom. The Balaban J connectivity index is 1.46. The summed E-state index contributed by atoms with van der Waals surface area (Å²) in [4.78, 5) is 41.2. The maximum Gasteiger partial charge on any atom is 0.339 e. The van der Waals surface area contributed by atoms with Crippen LogP contribution in [0.15, 0.2) is 40.1 Å². The van der Waals surface area contributed by atoms with Crippen molar-refractivity contribution in [2.24, 2.45) is 0 Å². The number of carbonyl (C=O) groups is 3. The third-order valence-corrected chi connectivity index (χ3v) is 6.24. The van der Waals surface area contributed by atoms with E-state index < -0.39 is 24.5 Å². The SMILES string of the molecule is O=C(COC(=O)c1ccccc1SCc1cscn1)NC(=O)NC1CCCCC1. The van der Waals surface area contributed by atoms with E-state index in [2.05, 4.69) is 15.6 Å². The van der Waals surface area contributed by atoms with E-state index in [0.29, 0.717) is 11.3 Å². The second-order valence-corrected chi connectivity index (χ2v) is 8.43. The number of imide groups is 1. The highest BCUT2D eigenvalue weighted by atomic mass is 32.2. The number of ether oxygens (including phenoxy) is 1. The number of rotatable bonds is 7. The number of esters is 1. The minimum absolute atomic E-state index is 0.0979. The van der Waals surface area contributed by atoms with Crippen LogP contribution in [0.4, 0.5) is 4.79 Å². The van der Waals surface area contributed by atoms with Crippen LogP contribution >= 0.6 is 23.1 Å². The molecular formula is C20H23N3O4S2. The second kappa shape index (κ2) is 11.0. The molecule has 7 nitrogen and oxygen atoms in total. The average Bonchev–Trinajstić information content (AvgIpc) is 3.25. The summed E-state index contributed by atoms with van der Waals surface area (Å²) in [6, 6.07) is 6.60. The van der Waals surface area contributed by atoms with Gasteiger partial charge in [-0.1, -0.05) is 31.4 Å². The predicted molar refractivity (Wildman–Crippen MR) is 112 cm³/mol. The van der Waals surface area contributed by atoms with Crippen molar-refractivity contribution in [3.63, 3.8) is 0 Å². The summed E-state index contributed by atoms with van der Waals surface area (Å²) in [7, 11) is 0. The van der Waals surface area contributed by atoms with Gasteiger partial charge in [0.2, 0.25) is 0 Å². The lowest BCUT2D eigenvalue weighted by Crippen LogP contribution is -2.46. The Labute approximate surface area is 177 Å². The van der Waals surface area contributed by atoms with Gasteiger partial charge in [0.25, 0.3) is 5.91 Å². The lowest BCUT2D eigenvalue weighted by Gasteiger charge is -2.22. The van der Waals surface area contributed by atoms with Crippen molar-refractivity contribution in [1.29, 1.82) is 0 Å². The molecule has 1 aromatic heterocycles. The Kier molecular flexibility index (Phi) is 8.06. The number of thioether (sulfide) groups is 1.